The Hall–Kier alpha value is -1.59. The van der Waals surface area contributed by atoms with Crippen molar-refractivity contribution in [2.75, 3.05) is 46.4 Å². The molecule has 5 heteroatoms. The van der Waals surface area contributed by atoms with Crippen LogP contribution in [0.15, 0.2) is 29.3 Å². The molecule has 1 N–H and O–H groups in total. The second-order valence-corrected chi connectivity index (χ2v) is 8.56. The van der Waals surface area contributed by atoms with E-state index < -0.39 is 0 Å². The first-order chi connectivity index (χ1) is 13.6. The first-order valence-corrected chi connectivity index (χ1v) is 11.0. The second kappa shape index (κ2) is 10.8. The van der Waals surface area contributed by atoms with Crippen LogP contribution < -0.4 is 5.32 Å². The molecule has 2 aliphatic heterocycles. The van der Waals surface area contributed by atoms with Gasteiger partial charge in [-0.15, -0.1) is 0 Å². The lowest BCUT2D eigenvalue weighted by Crippen LogP contribution is -2.41. The molecular formula is C23H38N4O. The zero-order valence-electron chi connectivity index (χ0n) is 18.0. The quantitative estimate of drug-likeness (QED) is 0.576. The Kier molecular flexibility index (Phi) is 8.16. The van der Waals surface area contributed by atoms with Crippen LogP contribution in [-0.2, 0) is 17.8 Å². The molecule has 0 aliphatic carbocycles. The number of hydrogen-bond acceptors (Lipinski definition) is 3. The third kappa shape index (κ3) is 6.49. The van der Waals surface area contributed by atoms with Crippen molar-refractivity contribution < 1.29 is 4.74 Å². The molecule has 156 valence electrons. The lowest BCUT2D eigenvalue weighted by atomic mass is 9.99. The van der Waals surface area contributed by atoms with E-state index in [4.69, 9.17) is 9.73 Å². The Balaban J connectivity index is 1.51. The Morgan fingerprint density at radius 2 is 1.89 bits per heavy atom. The Morgan fingerprint density at radius 3 is 2.54 bits per heavy atom. The predicted octanol–water partition coefficient (Wildman–Crippen LogP) is 3.35. The van der Waals surface area contributed by atoms with Crippen molar-refractivity contribution >= 4 is 5.96 Å². The van der Waals surface area contributed by atoms with Crippen LogP contribution in [0.3, 0.4) is 0 Å². The van der Waals surface area contributed by atoms with E-state index in [9.17, 15) is 0 Å². The van der Waals surface area contributed by atoms with E-state index in [1.165, 1.54) is 37.1 Å². The molecule has 1 aromatic rings. The van der Waals surface area contributed by atoms with Crippen molar-refractivity contribution in [3.8, 4) is 0 Å². The molecule has 0 spiro atoms. The van der Waals surface area contributed by atoms with Gasteiger partial charge in [0.05, 0.1) is 13.2 Å². The van der Waals surface area contributed by atoms with E-state index in [-0.39, 0.29) is 0 Å². The molecule has 1 atom stereocenters. The van der Waals surface area contributed by atoms with Crippen molar-refractivity contribution in [3.05, 3.63) is 35.4 Å². The topological polar surface area (TPSA) is 40.1 Å². The number of hydrogen-bond donors (Lipinski definition) is 1. The first-order valence-electron chi connectivity index (χ1n) is 11.0. The van der Waals surface area contributed by atoms with E-state index in [1.807, 2.05) is 0 Å². The summed E-state index contributed by atoms with van der Waals surface area (Å²) in [5.41, 5.74) is 2.68. The molecule has 28 heavy (non-hydrogen) atoms. The summed E-state index contributed by atoms with van der Waals surface area (Å²) in [6, 6.07) is 9.02. The minimum Gasteiger partial charge on any atom is -0.381 e. The van der Waals surface area contributed by atoms with Gasteiger partial charge in [0.2, 0.25) is 0 Å². The maximum absolute atomic E-state index is 5.51. The molecule has 2 heterocycles. The van der Waals surface area contributed by atoms with Gasteiger partial charge in [0.15, 0.2) is 5.96 Å². The summed E-state index contributed by atoms with van der Waals surface area (Å²) >= 11 is 0. The van der Waals surface area contributed by atoms with Crippen molar-refractivity contribution in [2.24, 2.45) is 16.8 Å². The summed E-state index contributed by atoms with van der Waals surface area (Å²) in [6.07, 6.45) is 3.82. The molecule has 2 saturated heterocycles. The molecule has 5 nitrogen and oxygen atoms in total. The van der Waals surface area contributed by atoms with Gasteiger partial charge in [0, 0.05) is 39.2 Å². The standard InChI is InChI=1S/C23H38N4O/c1-4-24-23(26(3)16-22-11-14-28-18-22)25-15-20-5-7-21(8-6-20)17-27-12-9-19(2)10-13-27/h5-8,19,22H,4,9-18H2,1-3H3,(H,24,25). The molecule has 2 fully saturated rings. The summed E-state index contributed by atoms with van der Waals surface area (Å²) in [6.45, 7) is 12.4. The number of guanidine groups is 1. The van der Waals surface area contributed by atoms with Gasteiger partial charge in [-0.25, -0.2) is 4.99 Å². The maximum atomic E-state index is 5.51. The minimum absolute atomic E-state index is 0.617. The number of nitrogens with one attached hydrogen (secondary N) is 1. The zero-order chi connectivity index (χ0) is 19.8. The van der Waals surface area contributed by atoms with Crippen LogP contribution in [-0.4, -0.2) is 62.2 Å². The molecule has 0 bridgehead atoms. The average molecular weight is 387 g/mol. The van der Waals surface area contributed by atoms with E-state index in [2.05, 4.69) is 60.3 Å². The van der Waals surface area contributed by atoms with Crippen LogP contribution in [0.4, 0.5) is 0 Å². The lowest BCUT2D eigenvalue weighted by molar-refractivity contribution is 0.181. The Morgan fingerprint density at radius 1 is 1.18 bits per heavy atom. The van der Waals surface area contributed by atoms with Gasteiger partial charge in [0.1, 0.15) is 0 Å². The Labute approximate surface area is 171 Å². The molecular weight excluding hydrogens is 348 g/mol. The SMILES string of the molecule is CCNC(=NCc1ccc(CN2CCC(C)CC2)cc1)N(C)CC1CCOC1. The van der Waals surface area contributed by atoms with Crippen LogP contribution in [0, 0.1) is 11.8 Å². The minimum atomic E-state index is 0.617. The highest BCUT2D eigenvalue weighted by Crippen LogP contribution is 2.18. The van der Waals surface area contributed by atoms with Gasteiger partial charge in [-0.05, 0) is 56.3 Å². The van der Waals surface area contributed by atoms with Crippen LogP contribution in [0.5, 0.6) is 0 Å². The molecule has 3 rings (SSSR count). The summed E-state index contributed by atoms with van der Waals surface area (Å²) in [4.78, 5) is 9.69. The fourth-order valence-corrected chi connectivity index (χ4v) is 4.07. The highest BCUT2D eigenvalue weighted by molar-refractivity contribution is 5.79. The van der Waals surface area contributed by atoms with Gasteiger partial charge in [-0.3, -0.25) is 4.90 Å². The summed E-state index contributed by atoms with van der Waals surface area (Å²) in [5, 5.41) is 3.42. The highest BCUT2D eigenvalue weighted by atomic mass is 16.5. The number of likely N-dealkylation sites (tertiary alicyclic amines) is 1. The van der Waals surface area contributed by atoms with E-state index >= 15 is 0 Å². The van der Waals surface area contributed by atoms with Gasteiger partial charge < -0.3 is 15.0 Å². The number of rotatable bonds is 7. The molecule has 1 unspecified atom stereocenters. The van der Waals surface area contributed by atoms with Gasteiger partial charge in [-0.2, -0.15) is 0 Å². The van der Waals surface area contributed by atoms with Crippen LogP contribution in [0.2, 0.25) is 0 Å². The second-order valence-electron chi connectivity index (χ2n) is 8.56. The number of aliphatic imine (C=N–C) groups is 1. The molecule has 0 radical (unpaired) electrons. The largest absolute Gasteiger partial charge is 0.381 e. The fraction of sp³-hybridized carbons (Fsp3) is 0.696. The third-order valence-electron chi connectivity index (χ3n) is 5.97. The van der Waals surface area contributed by atoms with E-state index in [1.54, 1.807) is 0 Å². The van der Waals surface area contributed by atoms with Crippen LogP contribution >= 0.6 is 0 Å². The zero-order valence-corrected chi connectivity index (χ0v) is 18.0. The third-order valence-corrected chi connectivity index (χ3v) is 5.97. The van der Waals surface area contributed by atoms with Gasteiger partial charge in [0.25, 0.3) is 0 Å². The van der Waals surface area contributed by atoms with Crippen molar-refractivity contribution in [3.63, 3.8) is 0 Å². The lowest BCUT2D eigenvalue weighted by Gasteiger charge is -2.30. The van der Waals surface area contributed by atoms with Crippen molar-refractivity contribution in [1.82, 2.24) is 15.1 Å². The number of nitrogens with zero attached hydrogens (tertiary/aromatic N) is 3. The van der Waals surface area contributed by atoms with Crippen LogP contribution in [0.1, 0.15) is 44.2 Å². The summed E-state index contributed by atoms with van der Waals surface area (Å²) in [5.74, 6) is 2.49. The summed E-state index contributed by atoms with van der Waals surface area (Å²) < 4.78 is 5.51. The Bertz CT molecular complexity index is 602. The molecule has 0 saturated carbocycles. The predicted molar refractivity (Wildman–Crippen MR) is 116 cm³/mol. The molecule has 2 aliphatic rings. The van der Waals surface area contributed by atoms with Crippen molar-refractivity contribution in [2.45, 2.75) is 46.2 Å². The normalized spacial score (nSPS) is 21.8. The van der Waals surface area contributed by atoms with E-state index in [0.29, 0.717) is 5.92 Å². The fourth-order valence-electron chi connectivity index (χ4n) is 4.07. The molecule has 1 aromatic carbocycles. The number of ether oxygens (including phenoxy) is 1. The highest BCUT2D eigenvalue weighted by Gasteiger charge is 2.19. The summed E-state index contributed by atoms with van der Waals surface area (Å²) in [7, 11) is 2.13. The molecule has 0 aromatic heterocycles. The molecule has 0 amide bonds. The monoisotopic (exact) mass is 386 g/mol. The maximum Gasteiger partial charge on any atom is 0.193 e. The van der Waals surface area contributed by atoms with Gasteiger partial charge in [-0.1, -0.05) is 31.2 Å². The van der Waals surface area contributed by atoms with Gasteiger partial charge >= 0.3 is 0 Å². The smallest absolute Gasteiger partial charge is 0.193 e. The van der Waals surface area contributed by atoms with E-state index in [0.717, 1.165) is 57.7 Å². The number of benzene rings is 1. The van der Waals surface area contributed by atoms with Crippen LogP contribution in [0.25, 0.3) is 0 Å². The van der Waals surface area contributed by atoms with Crippen molar-refractivity contribution in [1.29, 1.82) is 0 Å². The average Bonchev–Trinajstić information content (AvgIpc) is 3.21. The number of piperidine rings is 1. The first kappa shape index (κ1) is 21.1.